The van der Waals surface area contributed by atoms with Crippen molar-refractivity contribution in [3.05, 3.63) is 53.6 Å². The Labute approximate surface area is 199 Å². The van der Waals surface area contributed by atoms with Crippen LogP contribution in [-0.2, 0) is 4.79 Å². The monoisotopic (exact) mass is 469 g/mol. The first kappa shape index (κ1) is 23.7. The first-order valence-corrected chi connectivity index (χ1v) is 11.5. The number of nitrogens with zero attached hydrogens (tertiary/aromatic N) is 1. The number of carbonyl (C=O) groups is 2. The fraction of sp³-hybridized carbons (Fsp3) is 0.440. The van der Waals surface area contributed by atoms with Gasteiger partial charge in [-0.15, -0.1) is 0 Å². The molecule has 9 heteroatoms. The summed E-state index contributed by atoms with van der Waals surface area (Å²) in [7, 11) is 1.60. The van der Waals surface area contributed by atoms with Crippen LogP contribution < -0.4 is 24.8 Å². The van der Waals surface area contributed by atoms with Crippen molar-refractivity contribution >= 4 is 12.0 Å². The summed E-state index contributed by atoms with van der Waals surface area (Å²) in [5.74, 6) is 0.215. The number of nitrogens with one attached hydrogen (secondary N) is 2. The zero-order chi connectivity index (χ0) is 24.1. The van der Waals surface area contributed by atoms with Gasteiger partial charge in [-0.2, -0.15) is 0 Å². The van der Waals surface area contributed by atoms with E-state index in [1.165, 1.54) is 0 Å². The molecule has 34 heavy (non-hydrogen) atoms. The van der Waals surface area contributed by atoms with Crippen molar-refractivity contribution < 1.29 is 28.9 Å². The highest BCUT2D eigenvalue weighted by molar-refractivity contribution is 5.74. The van der Waals surface area contributed by atoms with Gasteiger partial charge in [-0.25, -0.2) is 4.79 Å². The lowest BCUT2D eigenvalue weighted by Crippen LogP contribution is -2.41. The number of aliphatic carboxylic acids is 1. The number of rotatable bonds is 9. The van der Waals surface area contributed by atoms with Crippen molar-refractivity contribution in [2.75, 3.05) is 40.1 Å². The first-order valence-electron chi connectivity index (χ1n) is 11.5. The number of carboxylic acids is 1. The van der Waals surface area contributed by atoms with Gasteiger partial charge >= 0.3 is 12.0 Å². The second-order valence-electron chi connectivity index (χ2n) is 8.48. The van der Waals surface area contributed by atoms with E-state index in [1.807, 2.05) is 49.4 Å². The molecule has 9 nitrogen and oxygen atoms in total. The maximum atomic E-state index is 12.6. The van der Waals surface area contributed by atoms with Gasteiger partial charge in [-0.05, 0) is 41.8 Å². The van der Waals surface area contributed by atoms with E-state index < -0.39 is 11.9 Å². The van der Waals surface area contributed by atoms with Gasteiger partial charge in [-0.3, -0.25) is 9.69 Å². The number of methoxy groups -OCH3 is 1. The number of carbonyl (C=O) groups excluding carboxylic acids is 1. The molecule has 1 fully saturated rings. The summed E-state index contributed by atoms with van der Waals surface area (Å²) in [5.41, 5.74) is 1.79. The number of carboxylic acid groups (broad SMARTS) is 1. The van der Waals surface area contributed by atoms with E-state index >= 15 is 0 Å². The molecule has 1 saturated heterocycles. The van der Waals surface area contributed by atoms with E-state index in [-0.39, 0.29) is 24.8 Å². The molecule has 2 aliphatic rings. The zero-order valence-electron chi connectivity index (χ0n) is 19.5. The number of benzene rings is 2. The maximum Gasteiger partial charge on any atom is 0.314 e. The third-order valence-electron chi connectivity index (χ3n) is 6.39. The van der Waals surface area contributed by atoms with E-state index in [9.17, 15) is 14.7 Å². The number of likely N-dealkylation sites (tertiary alicyclic amines) is 1. The van der Waals surface area contributed by atoms with Crippen LogP contribution in [-0.4, -0.2) is 62.1 Å². The van der Waals surface area contributed by atoms with Crippen molar-refractivity contribution in [1.29, 1.82) is 0 Å². The summed E-state index contributed by atoms with van der Waals surface area (Å²) in [6.07, 6.45) is 0.858. The Bertz CT molecular complexity index is 1010. The van der Waals surface area contributed by atoms with Crippen LogP contribution in [0.3, 0.4) is 0 Å². The van der Waals surface area contributed by atoms with Crippen LogP contribution in [0.1, 0.15) is 36.4 Å². The predicted molar refractivity (Wildman–Crippen MR) is 125 cm³/mol. The zero-order valence-corrected chi connectivity index (χ0v) is 19.5. The minimum absolute atomic E-state index is 0.165. The van der Waals surface area contributed by atoms with Gasteiger partial charge in [0.2, 0.25) is 6.79 Å². The summed E-state index contributed by atoms with van der Waals surface area (Å²) >= 11 is 0. The van der Waals surface area contributed by atoms with Gasteiger partial charge in [0.15, 0.2) is 11.5 Å². The average molecular weight is 470 g/mol. The number of hydrogen-bond donors (Lipinski definition) is 3. The minimum atomic E-state index is -0.861. The van der Waals surface area contributed by atoms with Gasteiger partial charge in [-0.1, -0.05) is 25.1 Å². The van der Waals surface area contributed by atoms with Gasteiger partial charge in [0.25, 0.3) is 0 Å². The smallest absolute Gasteiger partial charge is 0.314 e. The van der Waals surface area contributed by atoms with Crippen molar-refractivity contribution in [3.8, 4) is 17.2 Å². The quantitative estimate of drug-likeness (QED) is 0.518. The molecule has 2 aromatic rings. The van der Waals surface area contributed by atoms with Crippen LogP contribution in [0.25, 0.3) is 0 Å². The lowest BCUT2D eigenvalue weighted by atomic mass is 9.82. The Morgan fingerprint density at radius 2 is 1.76 bits per heavy atom. The van der Waals surface area contributed by atoms with E-state index in [4.69, 9.17) is 14.2 Å². The second kappa shape index (κ2) is 10.6. The highest BCUT2D eigenvalue weighted by Crippen LogP contribution is 2.47. The highest BCUT2D eigenvalue weighted by Gasteiger charge is 2.47. The lowest BCUT2D eigenvalue weighted by Gasteiger charge is -2.27. The van der Waals surface area contributed by atoms with E-state index in [0.717, 1.165) is 17.5 Å². The molecule has 2 aromatic carbocycles. The topological polar surface area (TPSA) is 109 Å². The van der Waals surface area contributed by atoms with Crippen molar-refractivity contribution in [1.82, 2.24) is 15.5 Å². The third kappa shape index (κ3) is 5.04. The Hall–Kier alpha value is -3.46. The molecule has 0 radical (unpaired) electrons. The number of urea groups is 1. The SMILES string of the molecule is CCCNC(=O)NCCN1CC(c2ccc3c(c2)OCO3)[C@H](C(=O)O)[C@H]1c1ccc(OC)cc1. The number of hydrogen-bond acceptors (Lipinski definition) is 6. The normalized spacial score (nSPS) is 21.3. The molecule has 2 heterocycles. The molecule has 0 aromatic heterocycles. The minimum Gasteiger partial charge on any atom is -0.497 e. The third-order valence-corrected chi connectivity index (χ3v) is 6.39. The predicted octanol–water partition coefficient (Wildman–Crippen LogP) is 2.97. The Morgan fingerprint density at radius 1 is 1.06 bits per heavy atom. The fourth-order valence-electron chi connectivity index (χ4n) is 4.75. The summed E-state index contributed by atoms with van der Waals surface area (Å²) < 4.78 is 16.2. The highest BCUT2D eigenvalue weighted by atomic mass is 16.7. The number of fused-ring (bicyclic) bond motifs is 1. The van der Waals surface area contributed by atoms with Gasteiger partial charge in [0.05, 0.1) is 13.0 Å². The number of ether oxygens (including phenoxy) is 3. The summed E-state index contributed by atoms with van der Waals surface area (Å²) in [4.78, 5) is 26.7. The van der Waals surface area contributed by atoms with Crippen LogP contribution in [0.2, 0.25) is 0 Å². The van der Waals surface area contributed by atoms with E-state index in [1.54, 1.807) is 7.11 Å². The van der Waals surface area contributed by atoms with Crippen LogP contribution >= 0.6 is 0 Å². The van der Waals surface area contributed by atoms with Crippen LogP contribution in [0.15, 0.2) is 42.5 Å². The molecule has 1 unspecified atom stereocenters. The molecule has 4 rings (SSSR count). The fourth-order valence-corrected chi connectivity index (χ4v) is 4.75. The van der Waals surface area contributed by atoms with E-state index in [2.05, 4.69) is 15.5 Å². The Morgan fingerprint density at radius 3 is 2.47 bits per heavy atom. The molecule has 2 aliphatic heterocycles. The summed E-state index contributed by atoms with van der Waals surface area (Å²) in [5, 5.41) is 16.0. The maximum absolute atomic E-state index is 12.6. The van der Waals surface area contributed by atoms with Gasteiger partial charge in [0.1, 0.15) is 5.75 Å². The van der Waals surface area contributed by atoms with Crippen LogP contribution in [0.5, 0.6) is 17.2 Å². The first-order chi connectivity index (χ1) is 16.5. The average Bonchev–Trinajstić information content (AvgIpc) is 3.47. The number of amides is 2. The molecule has 3 atom stereocenters. The molecule has 0 bridgehead atoms. The van der Waals surface area contributed by atoms with Gasteiger partial charge in [0, 0.05) is 38.1 Å². The van der Waals surface area contributed by atoms with Crippen molar-refractivity contribution in [2.45, 2.75) is 25.3 Å². The second-order valence-corrected chi connectivity index (χ2v) is 8.48. The molecule has 2 amide bonds. The molecular weight excluding hydrogens is 438 g/mol. The largest absolute Gasteiger partial charge is 0.497 e. The molecule has 0 spiro atoms. The van der Waals surface area contributed by atoms with Crippen LogP contribution in [0.4, 0.5) is 4.79 Å². The van der Waals surface area contributed by atoms with Gasteiger partial charge < -0.3 is 30.0 Å². The summed E-state index contributed by atoms with van der Waals surface area (Å²) in [6.45, 7) is 4.22. The molecule has 0 saturated carbocycles. The molecular formula is C25H31N3O6. The summed E-state index contributed by atoms with van der Waals surface area (Å²) in [6, 6.07) is 12.6. The molecule has 182 valence electrons. The van der Waals surface area contributed by atoms with Crippen LogP contribution in [0, 0.1) is 5.92 Å². The Balaban J connectivity index is 1.60. The lowest BCUT2D eigenvalue weighted by molar-refractivity contribution is -0.143. The molecule has 0 aliphatic carbocycles. The van der Waals surface area contributed by atoms with E-state index in [0.29, 0.717) is 43.4 Å². The Kier molecular flexibility index (Phi) is 7.42. The standard InChI is InChI=1S/C25H31N3O6/c1-3-10-26-25(31)27-11-12-28-14-19(17-6-9-20-21(13-17)34-15-33-20)22(24(29)30)23(28)16-4-7-18(32-2)8-5-16/h4-9,13,19,22-23H,3,10-12,14-15H2,1-2H3,(H,29,30)(H2,26,27,31)/t19?,22-,23+/m0/s1. The van der Waals surface area contributed by atoms with Crippen molar-refractivity contribution in [3.63, 3.8) is 0 Å². The molecule has 3 N–H and O–H groups in total. The van der Waals surface area contributed by atoms with Crippen molar-refractivity contribution in [2.24, 2.45) is 5.92 Å².